The van der Waals surface area contributed by atoms with Gasteiger partial charge in [0.05, 0.1) is 9.82 Å². The summed E-state index contributed by atoms with van der Waals surface area (Å²) in [6, 6.07) is 9.86. The van der Waals surface area contributed by atoms with Crippen LogP contribution in [0.15, 0.2) is 47.4 Å². The molecule has 1 atom stereocenters. The summed E-state index contributed by atoms with van der Waals surface area (Å²) in [6.45, 7) is 4.60. The summed E-state index contributed by atoms with van der Waals surface area (Å²) in [7, 11) is -3.97. The van der Waals surface area contributed by atoms with Crippen molar-refractivity contribution in [2.75, 3.05) is 5.32 Å². The fraction of sp³-hybridized carbons (Fsp3) is 0.235. The number of amides is 1. The summed E-state index contributed by atoms with van der Waals surface area (Å²) >= 11 is 0. The van der Waals surface area contributed by atoms with Gasteiger partial charge >= 0.3 is 0 Å². The lowest BCUT2D eigenvalue weighted by molar-refractivity contribution is -0.385. The zero-order chi connectivity index (χ0) is 19.5. The number of sulfonamides is 1. The Morgan fingerprint density at radius 2 is 1.88 bits per heavy atom. The van der Waals surface area contributed by atoms with Gasteiger partial charge in [0.1, 0.15) is 0 Å². The van der Waals surface area contributed by atoms with E-state index in [1.54, 1.807) is 38.1 Å². The zero-order valence-corrected chi connectivity index (χ0v) is 15.3. The molecule has 8 nitrogen and oxygen atoms in total. The highest BCUT2D eigenvalue weighted by atomic mass is 32.2. The van der Waals surface area contributed by atoms with Crippen LogP contribution >= 0.6 is 0 Å². The molecule has 26 heavy (non-hydrogen) atoms. The van der Waals surface area contributed by atoms with E-state index in [2.05, 4.69) is 10.0 Å². The third kappa shape index (κ3) is 4.64. The molecule has 9 heteroatoms. The minimum absolute atomic E-state index is 0.142. The number of non-ortho nitro benzene ring substituents is 1. The van der Waals surface area contributed by atoms with Crippen molar-refractivity contribution in [2.45, 2.75) is 31.7 Å². The Kier molecular flexibility index (Phi) is 5.73. The molecule has 1 amide bonds. The first-order chi connectivity index (χ1) is 12.1. The molecular weight excluding hydrogens is 358 g/mol. The largest absolute Gasteiger partial charge is 0.326 e. The summed E-state index contributed by atoms with van der Waals surface area (Å²) in [5, 5.41) is 13.5. The van der Waals surface area contributed by atoms with Gasteiger partial charge in [-0.25, -0.2) is 13.1 Å². The summed E-state index contributed by atoms with van der Waals surface area (Å²) < 4.78 is 27.9. The molecule has 0 aromatic heterocycles. The lowest BCUT2D eigenvalue weighted by Gasteiger charge is -2.16. The molecule has 0 radical (unpaired) electrons. The average molecular weight is 377 g/mol. The molecule has 0 saturated heterocycles. The number of hydrogen-bond donors (Lipinski definition) is 2. The van der Waals surface area contributed by atoms with Crippen LogP contribution in [0.2, 0.25) is 0 Å². The molecule has 2 aromatic rings. The van der Waals surface area contributed by atoms with E-state index in [0.29, 0.717) is 16.8 Å². The molecule has 0 aliphatic carbocycles. The van der Waals surface area contributed by atoms with Crippen LogP contribution in [0.5, 0.6) is 0 Å². The second kappa shape index (κ2) is 7.63. The van der Waals surface area contributed by atoms with Crippen molar-refractivity contribution in [1.82, 2.24) is 4.72 Å². The Balaban J connectivity index is 2.31. The first-order valence-corrected chi connectivity index (χ1v) is 9.23. The van der Waals surface area contributed by atoms with Crippen LogP contribution in [0.4, 0.5) is 11.4 Å². The van der Waals surface area contributed by atoms with Crippen molar-refractivity contribution in [3.05, 3.63) is 63.7 Å². The summed E-state index contributed by atoms with van der Waals surface area (Å²) in [5.41, 5.74) is 1.30. The molecule has 0 saturated carbocycles. The highest BCUT2D eigenvalue weighted by Crippen LogP contribution is 2.24. The number of hydrogen-bond acceptors (Lipinski definition) is 5. The van der Waals surface area contributed by atoms with E-state index in [0.717, 1.165) is 6.07 Å². The number of aryl methyl sites for hydroxylation is 1. The van der Waals surface area contributed by atoms with Gasteiger partial charge in [-0.05, 0) is 37.1 Å². The minimum atomic E-state index is -3.97. The van der Waals surface area contributed by atoms with Gasteiger partial charge in [-0.3, -0.25) is 14.9 Å². The van der Waals surface area contributed by atoms with E-state index < -0.39 is 21.0 Å². The van der Waals surface area contributed by atoms with Crippen molar-refractivity contribution in [3.63, 3.8) is 0 Å². The molecule has 0 aliphatic rings. The molecule has 2 N–H and O–H groups in total. The number of nitrogens with one attached hydrogen (secondary N) is 2. The number of nitrogens with zero attached hydrogens (tertiary/aromatic N) is 1. The van der Waals surface area contributed by atoms with Crippen LogP contribution in [0, 0.1) is 17.0 Å². The molecule has 0 bridgehead atoms. The molecule has 1 unspecified atom stereocenters. The molecule has 0 aliphatic heterocycles. The van der Waals surface area contributed by atoms with Gasteiger partial charge in [0, 0.05) is 30.8 Å². The lowest BCUT2D eigenvalue weighted by atomic mass is 10.1. The first kappa shape index (κ1) is 19.5. The predicted molar refractivity (Wildman–Crippen MR) is 97.3 cm³/mol. The van der Waals surface area contributed by atoms with Crippen LogP contribution in [0.25, 0.3) is 0 Å². The second-order valence-corrected chi connectivity index (χ2v) is 7.54. The minimum Gasteiger partial charge on any atom is -0.326 e. The van der Waals surface area contributed by atoms with E-state index in [9.17, 15) is 23.3 Å². The number of carbonyl (C=O) groups is 1. The maximum absolute atomic E-state index is 12.7. The van der Waals surface area contributed by atoms with Gasteiger partial charge in [0.2, 0.25) is 15.9 Å². The number of benzene rings is 2. The number of anilines is 1. The fourth-order valence-corrected chi connectivity index (χ4v) is 3.94. The van der Waals surface area contributed by atoms with Crippen molar-refractivity contribution < 1.29 is 18.1 Å². The van der Waals surface area contributed by atoms with Gasteiger partial charge in [-0.2, -0.15) is 0 Å². The summed E-state index contributed by atoms with van der Waals surface area (Å²) in [5.74, 6) is -0.234. The molecule has 0 spiro atoms. The van der Waals surface area contributed by atoms with Crippen LogP contribution in [-0.2, 0) is 14.8 Å². The quantitative estimate of drug-likeness (QED) is 0.593. The van der Waals surface area contributed by atoms with Crippen molar-refractivity contribution in [3.8, 4) is 0 Å². The number of carbonyl (C=O) groups excluding carboxylic acids is 1. The van der Waals surface area contributed by atoms with E-state index in [-0.39, 0.29) is 16.5 Å². The Bertz CT molecular complexity index is 957. The molecule has 0 fully saturated rings. The van der Waals surface area contributed by atoms with Gasteiger partial charge < -0.3 is 5.32 Å². The number of nitro benzene ring substituents is 1. The number of rotatable bonds is 6. The Morgan fingerprint density at radius 3 is 2.50 bits per heavy atom. The summed E-state index contributed by atoms with van der Waals surface area (Å²) in [6.07, 6.45) is 0. The first-order valence-electron chi connectivity index (χ1n) is 7.75. The van der Waals surface area contributed by atoms with Crippen LogP contribution in [0.1, 0.15) is 31.0 Å². The van der Waals surface area contributed by atoms with E-state index in [1.807, 2.05) is 0 Å². The van der Waals surface area contributed by atoms with Crippen molar-refractivity contribution in [2.24, 2.45) is 0 Å². The normalized spacial score (nSPS) is 12.4. The van der Waals surface area contributed by atoms with Gasteiger partial charge in [-0.1, -0.05) is 18.2 Å². The van der Waals surface area contributed by atoms with E-state index >= 15 is 0 Å². The van der Waals surface area contributed by atoms with Crippen LogP contribution in [-0.4, -0.2) is 19.2 Å². The van der Waals surface area contributed by atoms with Crippen molar-refractivity contribution >= 4 is 27.3 Å². The maximum atomic E-state index is 12.7. The SMILES string of the molecule is CC(=O)Nc1cccc(C(C)NS(=O)(=O)c2cc([N+](=O)[O-])ccc2C)c1. The third-order valence-corrected chi connectivity index (χ3v) is 5.39. The Morgan fingerprint density at radius 1 is 1.19 bits per heavy atom. The van der Waals surface area contributed by atoms with Gasteiger partial charge in [0.15, 0.2) is 0 Å². The molecule has 138 valence electrons. The Hall–Kier alpha value is -2.78. The topological polar surface area (TPSA) is 118 Å². The molecule has 2 rings (SSSR count). The molecule has 2 aromatic carbocycles. The van der Waals surface area contributed by atoms with Gasteiger partial charge in [-0.15, -0.1) is 0 Å². The standard InChI is InChI=1S/C17H19N3O5S/c1-11-7-8-16(20(22)23)10-17(11)26(24,25)19-12(2)14-5-4-6-15(9-14)18-13(3)21/h4-10,12,19H,1-3H3,(H,18,21). The van der Waals surface area contributed by atoms with Crippen LogP contribution < -0.4 is 10.0 Å². The molecular formula is C17H19N3O5S. The molecule has 0 heterocycles. The third-order valence-electron chi connectivity index (χ3n) is 3.71. The van der Waals surface area contributed by atoms with Crippen LogP contribution in [0.3, 0.4) is 0 Å². The van der Waals surface area contributed by atoms with E-state index in [4.69, 9.17) is 0 Å². The van der Waals surface area contributed by atoms with E-state index in [1.165, 1.54) is 19.1 Å². The second-order valence-electron chi connectivity index (χ2n) is 5.86. The zero-order valence-electron chi connectivity index (χ0n) is 14.5. The monoisotopic (exact) mass is 377 g/mol. The maximum Gasteiger partial charge on any atom is 0.270 e. The smallest absolute Gasteiger partial charge is 0.270 e. The average Bonchev–Trinajstić information content (AvgIpc) is 2.54. The summed E-state index contributed by atoms with van der Waals surface area (Å²) in [4.78, 5) is 21.3. The Labute approximate surface area is 151 Å². The fourth-order valence-electron chi connectivity index (χ4n) is 2.45. The number of nitro groups is 1. The van der Waals surface area contributed by atoms with Gasteiger partial charge in [0.25, 0.3) is 5.69 Å². The van der Waals surface area contributed by atoms with Crippen molar-refractivity contribution in [1.29, 1.82) is 0 Å². The highest BCUT2D eigenvalue weighted by Gasteiger charge is 2.23. The predicted octanol–water partition coefficient (Wildman–Crippen LogP) is 2.90. The highest BCUT2D eigenvalue weighted by molar-refractivity contribution is 7.89. The lowest BCUT2D eigenvalue weighted by Crippen LogP contribution is -2.27.